The minimum Gasteiger partial charge on any atom is -0.373 e. The molecule has 1 aromatic carbocycles. The van der Waals surface area contributed by atoms with E-state index in [0.29, 0.717) is 5.56 Å². The van der Waals surface area contributed by atoms with E-state index in [1.54, 1.807) is 18.2 Å². The first-order valence-electron chi connectivity index (χ1n) is 8.55. The molecule has 0 N–H and O–H groups in total. The van der Waals surface area contributed by atoms with E-state index in [9.17, 15) is 30.7 Å². The van der Waals surface area contributed by atoms with E-state index in [1.165, 1.54) is 6.07 Å². The third kappa shape index (κ3) is 7.09. The minimum absolute atomic E-state index is 0.0211. The fourth-order valence-electron chi connectivity index (χ4n) is 2.58. The number of rotatable bonds is 12. The standard InChI is InChI=1S/C17H22ClF7O3Si/c1-26-29(27-2,14-8-4-3-7-13(14)11-18)28-12-16(21,22)15(19,20)9-5-6-10-17(23,24)25/h3-4,7-8H,5-6,9-12H2,1-2H3. The lowest BCUT2D eigenvalue weighted by molar-refractivity contribution is -0.229. The number of hydrogen-bond donors (Lipinski definition) is 0. The van der Waals surface area contributed by atoms with Crippen LogP contribution in [0, 0.1) is 0 Å². The van der Waals surface area contributed by atoms with E-state index in [0.717, 1.165) is 14.2 Å². The highest BCUT2D eigenvalue weighted by Gasteiger charge is 2.58. The molecule has 1 aromatic rings. The number of alkyl halides is 8. The van der Waals surface area contributed by atoms with Crippen LogP contribution in [0.25, 0.3) is 0 Å². The molecule has 29 heavy (non-hydrogen) atoms. The second-order valence-corrected chi connectivity index (χ2v) is 9.30. The zero-order chi connectivity index (χ0) is 22.3. The van der Waals surface area contributed by atoms with Gasteiger partial charge in [0.1, 0.15) is 6.61 Å². The van der Waals surface area contributed by atoms with Crippen LogP contribution < -0.4 is 5.19 Å². The fraction of sp³-hybridized carbons (Fsp3) is 0.647. The van der Waals surface area contributed by atoms with Crippen LogP contribution in [-0.2, 0) is 19.2 Å². The summed E-state index contributed by atoms with van der Waals surface area (Å²) in [5.74, 6) is -9.23. The number of hydrogen-bond acceptors (Lipinski definition) is 3. The molecule has 0 amide bonds. The summed E-state index contributed by atoms with van der Waals surface area (Å²) in [6.07, 6.45) is -8.64. The van der Waals surface area contributed by atoms with Crippen LogP contribution in [0.3, 0.4) is 0 Å². The lowest BCUT2D eigenvalue weighted by atomic mass is 10.0. The summed E-state index contributed by atoms with van der Waals surface area (Å²) in [7, 11) is -1.72. The highest BCUT2D eigenvalue weighted by Crippen LogP contribution is 2.39. The smallest absolute Gasteiger partial charge is 0.373 e. The van der Waals surface area contributed by atoms with Gasteiger partial charge in [-0.25, -0.2) is 0 Å². The van der Waals surface area contributed by atoms with Crippen LogP contribution in [0.15, 0.2) is 24.3 Å². The molecule has 3 nitrogen and oxygen atoms in total. The topological polar surface area (TPSA) is 27.7 Å². The maximum Gasteiger partial charge on any atom is 0.537 e. The summed E-state index contributed by atoms with van der Waals surface area (Å²) in [5.41, 5.74) is 0.465. The van der Waals surface area contributed by atoms with Crippen molar-refractivity contribution in [3.8, 4) is 0 Å². The third-order valence-electron chi connectivity index (χ3n) is 4.21. The Morgan fingerprint density at radius 3 is 1.93 bits per heavy atom. The zero-order valence-corrected chi connectivity index (χ0v) is 17.6. The maximum absolute atomic E-state index is 14.2. The molecular formula is C17H22ClF7O3Si. The molecule has 0 atom stereocenters. The molecule has 0 unspecified atom stereocenters. The average molecular weight is 471 g/mol. The Kier molecular flexibility index (Phi) is 9.40. The molecule has 0 bridgehead atoms. The first-order valence-corrected chi connectivity index (χ1v) is 10.8. The van der Waals surface area contributed by atoms with Gasteiger partial charge in [0.2, 0.25) is 0 Å². The summed E-state index contributed by atoms with van der Waals surface area (Å²) in [5, 5.41) is 0.254. The molecular weight excluding hydrogens is 449 g/mol. The first kappa shape index (κ1) is 26.2. The molecule has 0 radical (unpaired) electrons. The molecule has 12 heteroatoms. The summed E-state index contributed by atoms with van der Waals surface area (Å²) in [4.78, 5) is 0. The lowest BCUT2D eigenvalue weighted by Crippen LogP contribution is -2.59. The largest absolute Gasteiger partial charge is 0.537 e. The summed E-state index contributed by atoms with van der Waals surface area (Å²) >= 11 is 5.83. The number of unbranched alkanes of at least 4 members (excludes halogenated alkanes) is 1. The van der Waals surface area contributed by atoms with Gasteiger partial charge in [0.05, 0.1) is 0 Å². The Morgan fingerprint density at radius 2 is 1.41 bits per heavy atom. The van der Waals surface area contributed by atoms with Gasteiger partial charge < -0.3 is 13.3 Å². The van der Waals surface area contributed by atoms with Crippen molar-refractivity contribution < 1.29 is 44.0 Å². The molecule has 168 valence electrons. The minimum atomic E-state index is -4.64. The van der Waals surface area contributed by atoms with Crippen molar-refractivity contribution in [2.45, 2.75) is 49.6 Å². The SMILES string of the molecule is CO[Si](OC)(OCC(F)(F)C(F)(F)CCCCC(F)(F)F)c1ccccc1CCl. The van der Waals surface area contributed by atoms with Crippen molar-refractivity contribution in [2.24, 2.45) is 0 Å². The normalized spacial score (nSPS) is 13.7. The highest BCUT2D eigenvalue weighted by molar-refractivity contribution is 6.75. The average Bonchev–Trinajstić information content (AvgIpc) is 2.66. The number of halogens is 8. The summed E-state index contributed by atoms with van der Waals surface area (Å²) < 4.78 is 108. The molecule has 0 fully saturated rings. The second-order valence-electron chi connectivity index (χ2n) is 6.28. The van der Waals surface area contributed by atoms with Crippen LogP contribution in [0.5, 0.6) is 0 Å². The Morgan fingerprint density at radius 1 is 0.862 bits per heavy atom. The third-order valence-corrected chi connectivity index (χ3v) is 7.24. The zero-order valence-electron chi connectivity index (χ0n) is 15.8. The van der Waals surface area contributed by atoms with Gasteiger partial charge in [0, 0.05) is 38.1 Å². The van der Waals surface area contributed by atoms with E-state index in [2.05, 4.69) is 0 Å². The molecule has 0 aliphatic rings. The molecule has 0 saturated carbocycles. The van der Waals surface area contributed by atoms with Gasteiger partial charge >= 0.3 is 26.8 Å². The Balaban J connectivity index is 2.89. The first-order chi connectivity index (χ1) is 13.3. The van der Waals surface area contributed by atoms with Crippen molar-refractivity contribution in [3.63, 3.8) is 0 Å². The molecule has 0 spiro atoms. The van der Waals surface area contributed by atoms with Crippen molar-refractivity contribution in [3.05, 3.63) is 29.8 Å². The van der Waals surface area contributed by atoms with Gasteiger partial charge in [-0.15, -0.1) is 11.6 Å². The molecule has 0 aliphatic heterocycles. The Hall–Kier alpha value is -0.883. The van der Waals surface area contributed by atoms with Gasteiger partial charge in [0.15, 0.2) is 0 Å². The van der Waals surface area contributed by atoms with Gasteiger partial charge in [0.25, 0.3) is 0 Å². The van der Waals surface area contributed by atoms with E-state index in [4.69, 9.17) is 24.9 Å². The predicted molar refractivity (Wildman–Crippen MR) is 95.8 cm³/mol. The predicted octanol–water partition coefficient (Wildman–Crippen LogP) is 5.27. The van der Waals surface area contributed by atoms with Crippen molar-refractivity contribution >= 4 is 25.6 Å². The molecule has 0 saturated heterocycles. The molecule has 0 heterocycles. The number of benzene rings is 1. The van der Waals surface area contributed by atoms with Crippen LogP contribution in [-0.4, -0.2) is 47.7 Å². The molecule has 0 aliphatic carbocycles. The second kappa shape index (κ2) is 10.4. The van der Waals surface area contributed by atoms with Crippen LogP contribution in [0.1, 0.15) is 31.2 Å². The Bertz CT molecular complexity index is 640. The maximum atomic E-state index is 14.2. The van der Waals surface area contributed by atoms with Crippen LogP contribution in [0.2, 0.25) is 0 Å². The lowest BCUT2D eigenvalue weighted by Gasteiger charge is -2.32. The monoisotopic (exact) mass is 470 g/mol. The quantitative estimate of drug-likeness (QED) is 0.180. The van der Waals surface area contributed by atoms with E-state index >= 15 is 0 Å². The summed E-state index contributed by atoms with van der Waals surface area (Å²) in [6, 6.07) is 6.25. The van der Waals surface area contributed by atoms with Crippen LogP contribution in [0.4, 0.5) is 30.7 Å². The molecule has 0 aromatic heterocycles. The van der Waals surface area contributed by atoms with E-state index in [1.807, 2.05) is 0 Å². The Labute approximate surface area is 170 Å². The van der Waals surface area contributed by atoms with Gasteiger partial charge in [-0.3, -0.25) is 0 Å². The van der Waals surface area contributed by atoms with Gasteiger partial charge in [-0.2, -0.15) is 30.7 Å². The van der Waals surface area contributed by atoms with E-state index in [-0.39, 0.29) is 11.1 Å². The molecule has 1 rings (SSSR count). The summed E-state index contributed by atoms with van der Waals surface area (Å²) in [6.45, 7) is -1.73. The van der Waals surface area contributed by atoms with Crippen molar-refractivity contribution in [1.82, 2.24) is 0 Å². The van der Waals surface area contributed by atoms with Crippen molar-refractivity contribution in [1.29, 1.82) is 0 Å². The van der Waals surface area contributed by atoms with Gasteiger partial charge in [-0.1, -0.05) is 24.3 Å². The van der Waals surface area contributed by atoms with Gasteiger partial charge in [-0.05, 0) is 18.4 Å². The highest BCUT2D eigenvalue weighted by atomic mass is 35.5. The van der Waals surface area contributed by atoms with Crippen molar-refractivity contribution in [2.75, 3.05) is 20.8 Å². The van der Waals surface area contributed by atoms with Crippen LogP contribution >= 0.6 is 11.6 Å². The fourth-order valence-corrected chi connectivity index (χ4v) is 5.16. The van der Waals surface area contributed by atoms with E-state index < -0.39 is 59.1 Å².